The molecule has 1 aromatic heterocycles. The summed E-state index contributed by atoms with van der Waals surface area (Å²) in [6.07, 6.45) is -2.49. The molecule has 2 aromatic carbocycles. The van der Waals surface area contributed by atoms with Gasteiger partial charge < -0.3 is 4.74 Å². The number of aryl methyl sites for hydroxylation is 1. The first kappa shape index (κ1) is 26.4. The second-order valence-corrected chi connectivity index (χ2v) is 11.8. The van der Waals surface area contributed by atoms with Crippen molar-refractivity contribution in [2.75, 3.05) is 13.2 Å². The molecule has 2 aliphatic rings. The molecule has 1 saturated carbocycles. The van der Waals surface area contributed by atoms with Crippen LogP contribution in [0.3, 0.4) is 0 Å². The summed E-state index contributed by atoms with van der Waals surface area (Å²) in [4.78, 5) is 21.7. The second-order valence-electron chi connectivity index (χ2n) is 9.70. The standard InChI is InChI=1S/C27H24F4N2O4S/c28-19-5-8-21(9-6-19)38(35,36)26-22(11-17-13-37-14-23(17)26)25(34)10-7-20-12-24(33-15-32-20)16-1-3-18(4-2-16)27(29,30)31/h1-6,8-9,12,15,17,22-23,26H,7,10-11,13-14H2/t17-,22+,23+,26?/m1/s1. The number of rotatable bonds is 7. The number of Topliss-reactive ketones (excluding diaryl/α,β-unsaturated/α-hetero) is 1. The van der Waals surface area contributed by atoms with Crippen LogP contribution in [-0.2, 0) is 32.0 Å². The molecule has 0 spiro atoms. The number of nitrogens with zero attached hydrogens (tertiary/aromatic N) is 2. The van der Waals surface area contributed by atoms with Crippen molar-refractivity contribution in [3.8, 4) is 11.3 Å². The molecule has 3 aromatic rings. The van der Waals surface area contributed by atoms with Gasteiger partial charge >= 0.3 is 6.18 Å². The number of sulfone groups is 1. The van der Waals surface area contributed by atoms with Crippen LogP contribution >= 0.6 is 0 Å². The number of ether oxygens (including phenoxy) is 1. The minimum atomic E-state index is -4.44. The summed E-state index contributed by atoms with van der Waals surface area (Å²) in [7, 11) is -3.92. The van der Waals surface area contributed by atoms with E-state index in [1.165, 1.54) is 30.6 Å². The van der Waals surface area contributed by atoms with Gasteiger partial charge in [0.1, 0.15) is 17.9 Å². The Kier molecular flexibility index (Phi) is 7.08. The van der Waals surface area contributed by atoms with E-state index in [0.717, 1.165) is 24.3 Å². The zero-order chi connectivity index (χ0) is 27.1. The quantitative estimate of drug-likeness (QED) is 0.308. The number of hydrogen-bond acceptors (Lipinski definition) is 6. The number of fused-ring (bicyclic) bond motifs is 1. The number of hydrogen-bond donors (Lipinski definition) is 0. The molecule has 2 fully saturated rings. The summed E-state index contributed by atoms with van der Waals surface area (Å²) >= 11 is 0. The number of alkyl halides is 3. The summed E-state index contributed by atoms with van der Waals surface area (Å²) in [6.45, 7) is 0.647. The van der Waals surface area contributed by atoms with Crippen molar-refractivity contribution in [3.63, 3.8) is 0 Å². The van der Waals surface area contributed by atoms with Gasteiger partial charge in [-0.1, -0.05) is 12.1 Å². The van der Waals surface area contributed by atoms with Crippen LogP contribution in [0.4, 0.5) is 17.6 Å². The second kappa shape index (κ2) is 10.2. The van der Waals surface area contributed by atoms with Crippen molar-refractivity contribution < 1.29 is 35.5 Å². The van der Waals surface area contributed by atoms with Crippen LogP contribution in [0, 0.1) is 23.6 Å². The molecule has 1 aliphatic heterocycles. The van der Waals surface area contributed by atoms with Crippen LogP contribution in [0.15, 0.2) is 65.8 Å². The van der Waals surface area contributed by atoms with Crippen molar-refractivity contribution >= 4 is 15.6 Å². The van der Waals surface area contributed by atoms with E-state index in [9.17, 15) is 30.8 Å². The number of halogens is 4. The van der Waals surface area contributed by atoms with Crippen molar-refractivity contribution in [1.82, 2.24) is 9.97 Å². The van der Waals surface area contributed by atoms with E-state index in [0.29, 0.717) is 30.0 Å². The molecule has 4 atom stereocenters. The molecule has 0 radical (unpaired) electrons. The van der Waals surface area contributed by atoms with Gasteiger partial charge in [-0.2, -0.15) is 13.2 Å². The van der Waals surface area contributed by atoms with Gasteiger partial charge in [0.15, 0.2) is 9.84 Å². The largest absolute Gasteiger partial charge is 0.416 e. The third kappa shape index (κ3) is 5.22. The Bertz CT molecular complexity index is 1430. The lowest BCUT2D eigenvalue weighted by molar-refractivity contribution is -0.137. The minimum Gasteiger partial charge on any atom is -0.381 e. The molecule has 1 aliphatic carbocycles. The Morgan fingerprint density at radius 1 is 1.00 bits per heavy atom. The van der Waals surface area contributed by atoms with E-state index in [2.05, 4.69) is 9.97 Å². The van der Waals surface area contributed by atoms with E-state index in [-0.39, 0.29) is 42.0 Å². The van der Waals surface area contributed by atoms with Gasteiger partial charge in [0.25, 0.3) is 0 Å². The van der Waals surface area contributed by atoms with Gasteiger partial charge in [-0.05, 0) is 61.2 Å². The summed E-state index contributed by atoms with van der Waals surface area (Å²) in [5, 5.41) is -0.957. The van der Waals surface area contributed by atoms with Crippen LogP contribution in [-0.4, -0.2) is 42.6 Å². The third-order valence-electron chi connectivity index (χ3n) is 7.40. The first-order valence-corrected chi connectivity index (χ1v) is 13.7. The molecule has 0 bridgehead atoms. The molecule has 6 nitrogen and oxygen atoms in total. The summed E-state index contributed by atoms with van der Waals surface area (Å²) < 4.78 is 84.6. The highest BCUT2D eigenvalue weighted by Gasteiger charge is 2.54. The monoisotopic (exact) mass is 548 g/mol. The third-order valence-corrected chi connectivity index (χ3v) is 9.72. The first-order chi connectivity index (χ1) is 18.0. The predicted molar refractivity (Wildman–Crippen MR) is 129 cm³/mol. The SMILES string of the molecule is O=C(CCc1cc(-c2ccc(C(F)(F)F)cc2)ncn1)[C@@H]1C[C@@H]2COC[C@@H]2C1S(=O)(=O)c1ccc(F)cc1. The molecule has 1 saturated heterocycles. The zero-order valence-electron chi connectivity index (χ0n) is 20.1. The minimum absolute atomic E-state index is 0.0220. The Morgan fingerprint density at radius 2 is 1.71 bits per heavy atom. The molecule has 38 heavy (non-hydrogen) atoms. The van der Waals surface area contributed by atoms with Crippen LogP contribution in [0.5, 0.6) is 0 Å². The molecular weight excluding hydrogens is 524 g/mol. The number of carbonyl (C=O) groups excluding carboxylic acids is 1. The van der Waals surface area contributed by atoms with Gasteiger partial charge in [0, 0.05) is 36.1 Å². The number of aromatic nitrogens is 2. The Hall–Kier alpha value is -3.18. The highest BCUT2D eigenvalue weighted by molar-refractivity contribution is 7.92. The van der Waals surface area contributed by atoms with Crippen molar-refractivity contribution in [2.45, 2.75) is 35.6 Å². The van der Waals surface area contributed by atoms with E-state index in [1.54, 1.807) is 6.07 Å². The van der Waals surface area contributed by atoms with Crippen molar-refractivity contribution in [3.05, 3.63) is 78.0 Å². The normalized spacial score (nSPS) is 23.4. The maximum absolute atomic E-state index is 13.5. The summed E-state index contributed by atoms with van der Waals surface area (Å²) in [5.41, 5.74) is 0.642. The van der Waals surface area contributed by atoms with Crippen LogP contribution in [0.2, 0.25) is 0 Å². The fraction of sp³-hybridized carbons (Fsp3) is 0.370. The van der Waals surface area contributed by atoms with Gasteiger partial charge in [0.2, 0.25) is 0 Å². The highest BCUT2D eigenvalue weighted by Crippen LogP contribution is 2.46. The number of carbonyl (C=O) groups is 1. The number of benzene rings is 2. The lowest BCUT2D eigenvalue weighted by Gasteiger charge is -2.23. The van der Waals surface area contributed by atoms with E-state index in [4.69, 9.17) is 4.74 Å². The van der Waals surface area contributed by atoms with E-state index < -0.39 is 38.6 Å². The molecule has 5 rings (SSSR count). The van der Waals surface area contributed by atoms with Gasteiger partial charge in [0.05, 0.1) is 28.0 Å². The van der Waals surface area contributed by atoms with Crippen molar-refractivity contribution in [1.29, 1.82) is 0 Å². The van der Waals surface area contributed by atoms with Crippen LogP contribution in [0.25, 0.3) is 11.3 Å². The Balaban J connectivity index is 1.32. The molecule has 200 valence electrons. The Labute approximate surface area is 217 Å². The highest BCUT2D eigenvalue weighted by atomic mass is 32.2. The lowest BCUT2D eigenvalue weighted by Crippen LogP contribution is -2.36. The summed E-state index contributed by atoms with van der Waals surface area (Å²) in [6, 6.07) is 10.8. The average Bonchev–Trinajstić information content (AvgIpc) is 3.49. The van der Waals surface area contributed by atoms with Gasteiger partial charge in [-0.15, -0.1) is 0 Å². The Morgan fingerprint density at radius 3 is 2.39 bits per heavy atom. The molecule has 0 N–H and O–H groups in total. The molecule has 11 heteroatoms. The fourth-order valence-electron chi connectivity index (χ4n) is 5.48. The molecule has 2 heterocycles. The number of ketones is 1. The molecule has 0 amide bonds. The van der Waals surface area contributed by atoms with Crippen LogP contribution in [0.1, 0.15) is 24.1 Å². The first-order valence-electron chi connectivity index (χ1n) is 12.1. The van der Waals surface area contributed by atoms with E-state index >= 15 is 0 Å². The fourth-order valence-corrected chi connectivity index (χ4v) is 7.77. The average molecular weight is 549 g/mol. The predicted octanol–water partition coefficient (Wildman–Crippen LogP) is 4.93. The van der Waals surface area contributed by atoms with Crippen LogP contribution < -0.4 is 0 Å². The maximum atomic E-state index is 13.5. The molecular formula is C27H24F4N2O4S. The van der Waals surface area contributed by atoms with E-state index in [1.807, 2.05) is 0 Å². The maximum Gasteiger partial charge on any atom is 0.416 e. The lowest BCUT2D eigenvalue weighted by atomic mass is 9.96. The van der Waals surface area contributed by atoms with Gasteiger partial charge in [-0.25, -0.2) is 22.8 Å². The summed E-state index contributed by atoms with van der Waals surface area (Å²) in [5.74, 6) is -1.84. The van der Waals surface area contributed by atoms with Crippen molar-refractivity contribution in [2.24, 2.45) is 17.8 Å². The molecule has 1 unspecified atom stereocenters. The smallest absolute Gasteiger partial charge is 0.381 e. The zero-order valence-corrected chi connectivity index (χ0v) is 20.9. The van der Waals surface area contributed by atoms with Gasteiger partial charge in [-0.3, -0.25) is 4.79 Å². The topological polar surface area (TPSA) is 86.2 Å².